The maximum atomic E-state index is 13.5. The van der Waals surface area contributed by atoms with Crippen LogP contribution in [0.1, 0.15) is 249 Å². The molecule has 4 aliphatic heterocycles. The zero-order valence-corrected chi connectivity index (χ0v) is 64.3. The zero-order chi connectivity index (χ0) is 77.6. The fourth-order valence-electron chi connectivity index (χ4n) is 14.0. The molecule has 0 radical (unpaired) electrons. The van der Waals surface area contributed by atoms with Gasteiger partial charge in [0.05, 0.1) is 65.5 Å². The highest BCUT2D eigenvalue weighted by atomic mass is 35.5. The van der Waals surface area contributed by atoms with E-state index in [2.05, 4.69) is 39.1 Å². The summed E-state index contributed by atoms with van der Waals surface area (Å²) < 4.78 is 156. The van der Waals surface area contributed by atoms with Crippen molar-refractivity contribution in [1.82, 2.24) is 15.1 Å². The van der Waals surface area contributed by atoms with Gasteiger partial charge < -0.3 is 53.2 Å². The highest BCUT2D eigenvalue weighted by molar-refractivity contribution is 6.54. The number of nitrogens with one attached hydrogen (secondary N) is 1. The number of esters is 3. The Kier molecular flexibility index (Phi) is 31.2. The number of phenols is 1. The number of hydrogen-bond donors (Lipinski definition) is 2. The number of amides is 2. The van der Waals surface area contributed by atoms with Crippen LogP contribution in [0.2, 0.25) is 0 Å². The third kappa shape index (κ3) is 24.9. The largest absolute Gasteiger partial charge is 0.508 e. The van der Waals surface area contributed by atoms with Crippen molar-refractivity contribution < 1.29 is 102 Å². The van der Waals surface area contributed by atoms with Gasteiger partial charge in [-0.3, -0.25) is 14.4 Å². The van der Waals surface area contributed by atoms with Crippen molar-refractivity contribution in [2.75, 3.05) is 59.1 Å². The van der Waals surface area contributed by atoms with E-state index in [0.717, 1.165) is 91.1 Å². The summed E-state index contributed by atoms with van der Waals surface area (Å²) in [5.41, 5.74) is 2.69. The summed E-state index contributed by atoms with van der Waals surface area (Å²) in [5.74, 6) is -1.12. The topological polar surface area (TPSA) is 189 Å². The van der Waals surface area contributed by atoms with Gasteiger partial charge in [0.15, 0.2) is 0 Å². The van der Waals surface area contributed by atoms with E-state index in [9.17, 15) is 68.6 Å². The standard InChI is InChI=1S/C26H34F3NO4.C21H26F3NO2.C17H22F3NO3.C15H25BO4.ClH/c1-5-33-23(31)19-8-6-17(7-9-19)22-16-20(26(27,28)29)10-11-21(22)18-12-14-30(15-13-18)24(32)34-25(2,3)4;1-2-27-20(26)16-5-3-14(4-6-16)19-13-17(21(22,23)24)7-8-18(19)15-9-11-25-12-10-15;1-16(2,3)24-15(23)21-8-6-11(7-9-21)13-5-4-12(10-14(13)22)17(18,19)20;1-6-18-13(17)11-7-9-12(10-8-11)16-19-14(2,3)15(4,5)20-16;/h6,10-11,16,18-19H,5,7-9,12-15H2,1-4H3;3,7-8,13,15-16,25H,2,4-6,9-12H2,1H3;4-5,10-11,22H,6-9H2,1-3H3;9,11H,6-8,10H2,1-5H3;1H. The summed E-state index contributed by atoms with van der Waals surface area (Å²) in [6.07, 6.45) is 1.83. The van der Waals surface area contributed by atoms with Crippen LogP contribution in [0.25, 0.3) is 11.1 Å². The molecule has 0 bridgehead atoms. The highest BCUT2D eigenvalue weighted by Crippen LogP contribution is 2.46. The molecule has 4 fully saturated rings. The van der Waals surface area contributed by atoms with Crippen molar-refractivity contribution >= 4 is 60.8 Å². The maximum absolute atomic E-state index is 13.5. The van der Waals surface area contributed by atoms with Crippen LogP contribution in [0.5, 0.6) is 5.75 Å². The summed E-state index contributed by atoms with van der Waals surface area (Å²) in [4.78, 5) is 63.4. The van der Waals surface area contributed by atoms with Crippen molar-refractivity contribution in [3.63, 3.8) is 0 Å². The summed E-state index contributed by atoms with van der Waals surface area (Å²) in [6, 6.07) is 11.2. The molecule has 16 nitrogen and oxygen atoms in total. The first kappa shape index (κ1) is 88.1. The molecule has 4 saturated heterocycles. The van der Waals surface area contributed by atoms with Crippen molar-refractivity contribution in [1.29, 1.82) is 0 Å². The number of carbonyl (C=O) groups excluding carboxylic acids is 5. The molecule has 106 heavy (non-hydrogen) atoms. The van der Waals surface area contributed by atoms with Gasteiger partial charge in [0.1, 0.15) is 17.0 Å². The van der Waals surface area contributed by atoms with Gasteiger partial charge in [-0.15, -0.1) is 12.4 Å². The highest BCUT2D eigenvalue weighted by Gasteiger charge is 2.53. The first-order valence-electron chi connectivity index (χ1n) is 36.9. The molecule has 3 aliphatic carbocycles. The lowest BCUT2D eigenvalue weighted by Crippen LogP contribution is -2.41. The van der Waals surface area contributed by atoms with E-state index in [1.54, 1.807) is 56.6 Å². The lowest BCUT2D eigenvalue weighted by molar-refractivity contribution is -0.149. The number of halogens is 10. The Morgan fingerprint density at radius 2 is 0.821 bits per heavy atom. The van der Waals surface area contributed by atoms with Gasteiger partial charge in [-0.2, -0.15) is 39.5 Å². The van der Waals surface area contributed by atoms with Crippen LogP contribution in [-0.2, 0) is 65.9 Å². The van der Waals surface area contributed by atoms with Crippen LogP contribution in [0.15, 0.2) is 78.3 Å². The molecule has 3 unspecified atom stereocenters. The second kappa shape index (κ2) is 37.6. The van der Waals surface area contributed by atoms with Crippen LogP contribution < -0.4 is 5.32 Å². The van der Waals surface area contributed by atoms with E-state index in [0.29, 0.717) is 127 Å². The number of rotatable bonds is 12. The van der Waals surface area contributed by atoms with E-state index < -0.39 is 52.5 Å². The van der Waals surface area contributed by atoms with Crippen LogP contribution in [0.4, 0.5) is 49.1 Å². The number of phenolic OH excluding ortho intramolecular Hbond substituents is 1. The Morgan fingerprint density at radius 3 is 1.13 bits per heavy atom. The summed E-state index contributed by atoms with van der Waals surface area (Å²) in [6.45, 7) is 29.1. The van der Waals surface area contributed by atoms with Crippen molar-refractivity contribution in [3.05, 3.63) is 123 Å². The number of hydrogen-bond acceptors (Lipinski definition) is 14. The van der Waals surface area contributed by atoms with Crippen LogP contribution in [0, 0.1) is 17.8 Å². The first-order valence-corrected chi connectivity index (χ1v) is 36.9. The Bertz CT molecular complexity index is 3540. The van der Waals surface area contributed by atoms with Crippen LogP contribution in [0.3, 0.4) is 0 Å². The predicted molar refractivity (Wildman–Crippen MR) is 390 cm³/mol. The average Bonchev–Trinajstić information content (AvgIpc) is 1.59. The van der Waals surface area contributed by atoms with E-state index in [1.165, 1.54) is 24.3 Å². The van der Waals surface area contributed by atoms with Gasteiger partial charge in [0.2, 0.25) is 0 Å². The molecule has 590 valence electrons. The SMILES string of the molecule is CC(C)(C)OC(=O)N1CCC(c2ccc(C(F)(F)F)cc2O)CC1.CCOC(=O)C1CC=C(B2OC(C)(C)C(C)(C)O2)CC1.CCOC(=O)C1CC=C(c2cc(C(F)(F)F)ccc2C2CCN(C(=O)OC(C)(C)C)CC2)CC1.CCOC(=O)C1CC=C(c2cc(C(F)(F)F)ccc2C2CCNCC2)CC1.Cl. The zero-order valence-electron chi connectivity index (χ0n) is 63.5. The summed E-state index contributed by atoms with van der Waals surface area (Å²) in [7, 11) is -0.275. The lowest BCUT2D eigenvalue weighted by atomic mass is 9.70. The fourth-order valence-corrected chi connectivity index (χ4v) is 14.0. The molecule has 27 heteroatoms. The number of aromatic hydroxyl groups is 1. The van der Waals surface area contributed by atoms with E-state index >= 15 is 0 Å². The minimum Gasteiger partial charge on any atom is -0.508 e. The molecule has 3 atom stereocenters. The van der Waals surface area contributed by atoms with Crippen LogP contribution >= 0.6 is 12.4 Å². The number of ether oxygens (including phenoxy) is 5. The monoisotopic (exact) mass is 1520 g/mol. The molecule has 7 aliphatic rings. The van der Waals surface area contributed by atoms with E-state index in [-0.39, 0.29) is 96.0 Å². The fraction of sp³-hybridized carbons (Fsp3) is 0.633. The van der Waals surface area contributed by atoms with E-state index in [1.807, 2.05) is 39.8 Å². The molecular weight excluding hydrogens is 1420 g/mol. The number of allylic oxidation sites excluding steroid dienone is 6. The van der Waals surface area contributed by atoms with Crippen molar-refractivity contribution in [2.45, 2.75) is 245 Å². The van der Waals surface area contributed by atoms with Gasteiger partial charge in [-0.1, -0.05) is 36.4 Å². The molecule has 0 aromatic heterocycles. The predicted octanol–water partition coefficient (Wildman–Crippen LogP) is 19.3. The lowest BCUT2D eigenvalue weighted by Gasteiger charge is -2.34. The quantitative estimate of drug-likeness (QED) is 0.0754. The second-order valence-corrected chi connectivity index (χ2v) is 30.9. The maximum Gasteiger partial charge on any atom is 0.490 e. The Morgan fingerprint density at radius 1 is 0.491 bits per heavy atom. The smallest absolute Gasteiger partial charge is 0.490 e. The molecule has 0 spiro atoms. The number of carbonyl (C=O) groups is 5. The van der Waals surface area contributed by atoms with Gasteiger partial charge in [0, 0.05) is 26.2 Å². The van der Waals surface area contributed by atoms with Crippen LogP contribution in [-0.4, -0.2) is 134 Å². The molecule has 0 saturated carbocycles. The summed E-state index contributed by atoms with van der Waals surface area (Å²) >= 11 is 0. The molecular formula is C79H108BClF9N3O13. The average molecular weight is 1520 g/mol. The van der Waals surface area contributed by atoms with Gasteiger partial charge in [-0.05, 0) is 298 Å². The van der Waals surface area contributed by atoms with Gasteiger partial charge in [0.25, 0.3) is 0 Å². The molecule has 4 heterocycles. The minimum absolute atomic E-state index is 0. The molecule has 2 N–H and O–H groups in total. The molecule has 10 rings (SSSR count). The first-order chi connectivity index (χ1) is 49.0. The number of nitrogens with zero attached hydrogens (tertiary/aromatic N) is 2. The number of piperidine rings is 3. The van der Waals surface area contributed by atoms with Crippen molar-refractivity contribution in [2.24, 2.45) is 17.8 Å². The van der Waals surface area contributed by atoms with Crippen molar-refractivity contribution in [3.8, 4) is 5.75 Å². The summed E-state index contributed by atoms with van der Waals surface area (Å²) in [5, 5.41) is 13.2. The minimum atomic E-state index is -4.48. The number of likely N-dealkylation sites (tertiary alicyclic amines) is 2. The molecule has 3 aromatic rings. The third-order valence-corrected chi connectivity index (χ3v) is 20.4. The Balaban J connectivity index is 0.000000225. The Hall–Kier alpha value is -6.77. The third-order valence-electron chi connectivity index (χ3n) is 20.4. The van der Waals surface area contributed by atoms with Gasteiger partial charge in [-0.25, -0.2) is 9.59 Å². The normalized spacial score (nSPS) is 21.1. The molecule has 3 aromatic carbocycles. The molecule has 2 amide bonds. The second-order valence-electron chi connectivity index (χ2n) is 30.9. The number of benzene rings is 3. The van der Waals surface area contributed by atoms with E-state index in [4.69, 9.17) is 33.0 Å². The number of alkyl halides is 9. The Labute approximate surface area is 625 Å². The van der Waals surface area contributed by atoms with Gasteiger partial charge >= 0.3 is 55.7 Å².